The summed E-state index contributed by atoms with van der Waals surface area (Å²) >= 11 is 11.7. The van der Waals surface area contributed by atoms with Crippen molar-refractivity contribution in [1.82, 2.24) is 9.97 Å². The average Bonchev–Trinajstić information content (AvgIpc) is 2.79. The van der Waals surface area contributed by atoms with Crippen LogP contribution in [0.1, 0.15) is 11.9 Å². The van der Waals surface area contributed by atoms with Crippen LogP contribution in [0.25, 0.3) is 11.0 Å². The van der Waals surface area contributed by atoms with Gasteiger partial charge in [0.05, 0.1) is 27.7 Å². The van der Waals surface area contributed by atoms with Crippen molar-refractivity contribution < 1.29 is 20.4 Å². The minimum absolute atomic E-state index is 0.0494. The Kier molecular flexibility index (Phi) is 4.29. The summed E-state index contributed by atoms with van der Waals surface area (Å²) in [5.41, 5.74) is 1.00. The van der Waals surface area contributed by atoms with Crippen molar-refractivity contribution in [3.8, 4) is 0 Å². The van der Waals surface area contributed by atoms with Gasteiger partial charge >= 0.3 is 0 Å². The first-order valence-corrected chi connectivity index (χ1v) is 6.19. The smallest absolute Gasteiger partial charge is 0.140 e. The van der Waals surface area contributed by atoms with Crippen LogP contribution in [0.4, 0.5) is 0 Å². The number of nitrogens with zero attached hydrogens (tertiary/aromatic N) is 1. The van der Waals surface area contributed by atoms with Crippen LogP contribution in [-0.4, -0.2) is 49.2 Å². The van der Waals surface area contributed by atoms with Gasteiger partial charge in [0.2, 0.25) is 0 Å². The molecule has 0 bridgehead atoms. The highest BCUT2D eigenvalue weighted by molar-refractivity contribution is 6.42. The molecule has 0 aliphatic rings. The molecule has 1 unspecified atom stereocenters. The molecule has 8 heteroatoms. The molecular weight excluding hydrogens is 295 g/mol. The van der Waals surface area contributed by atoms with E-state index in [0.717, 1.165) is 0 Å². The Bertz CT molecular complexity index is 550. The first kappa shape index (κ1) is 14.5. The number of benzene rings is 1. The third-order valence-corrected chi connectivity index (χ3v) is 3.45. The molecule has 1 aromatic carbocycles. The average molecular weight is 307 g/mol. The zero-order valence-corrected chi connectivity index (χ0v) is 11.1. The molecule has 0 saturated carbocycles. The van der Waals surface area contributed by atoms with E-state index in [1.165, 1.54) is 12.1 Å². The number of hydrogen-bond donors (Lipinski definition) is 5. The fraction of sp³-hybridized carbons (Fsp3) is 0.364. The molecule has 0 spiro atoms. The fourth-order valence-electron chi connectivity index (χ4n) is 1.64. The summed E-state index contributed by atoms with van der Waals surface area (Å²) in [5.74, 6) is 0.0494. The van der Waals surface area contributed by atoms with Crippen LogP contribution in [0.15, 0.2) is 12.1 Å². The summed E-state index contributed by atoms with van der Waals surface area (Å²) < 4.78 is 0. The molecule has 104 valence electrons. The van der Waals surface area contributed by atoms with E-state index in [4.69, 9.17) is 28.3 Å². The van der Waals surface area contributed by atoms with E-state index in [2.05, 4.69) is 9.97 Å². The van der Waals surface area contributed by atoms with Gasteiger partial charge in [0.1, 0.15) is 24.1 Å². The van der Waals surface area contributed by atoms with Crippen LogP contribution in [0.2, 0.25) is 10.0 Å². The number of aromatic amines is 1. The lowest BCUT2D eigenvalue weighted by Gasteiger charge is -2.19. The summed E-state index contributed by atoms with van der Waals surface area (Å²) in [4.78, 5) is 6.82. The molecule has 2 rings (SSSR count). The number of aromatic nitrogens is 2. The molecule has 0 aliphatic carbocycles. The maximum atomic E-state index is 9.85. The number of fused-ring (bicyclic) bond motifs is 1. The summed E-state index contributed by atoms with van der Waals surface area (Å²) in [7, 11) is 0. The van der Waals surface area contributed by atoms with E-state index < -0.39 is 24.9 Å². The number of nitrogens with one attached hydrogen (secondary N) is 1. The molecule has 0 aliphatic heterocycles. The monoisotopic (exact) mass is 306 g/mol. The molecule has 0 radical (unpaired) electrons. The second kappa shape index (κ2) is 5.62. The van der Waals surface area contributed by atoms with Crippen LogP contribution >= 0.6 is 23.2 Å². The highest BCUT2D eigenvalue weighted by Crippen LogP contribution is 2.28. The van der Waals surface area contributed by atoms with E-state index >= 15 is 0 Å². The summed E-state index contributed by atoms with van der Waals surface area (Å²) in [6.45, 7) is -0.671. The molecule has 6 nitrogen and oxygen atoms in total. The lowest BCUT2D eigenvalue weighted by atomic mass is 10.1. The standard InChI is InChI=1S/C11H12Cl2N2O4/c12-4-1-6-7(2-5(4)13)15-11(14-6)10(19)9(18)8(17)3-16/h1-2,8-10,16-19H,3H2,(H,14,15)/t8-,9?,10+/m1/s1. The summed E-state index contributed by atoms with van der Waals surface area (Å²) in [6.07, 6.45) is -4.49. The fourth-order valence-corrected chi connectivity index (χ4v) is 1.97. The van der Waals surface area contributed by atoms with Crippen molar-refractivity contribution in [1.29, 1.82) is 0 Å². The van der Waals surface area contributed by atoms with Gasteiger partial charge in [-0.05, 0) is 12.1 Å². The largest absolute Gasteiger partial charge is 0.394 e. The number of rotatable bonds is 4. The van der Waals surface area contributed by atoms with E-state index in [1.807, 2.05) is 0 Å². The van der Waals surface area contributed by atoms with E-state index in [9.17, 15) is 15.3 Å². The molecule has 5 N–H and O–H groups in total. The second-order valence-corrected chi connectivity index (χ2v) is 4.91. The SMILES string of the molecule is OC[C@@H](O)C(O)[C@H](O)c1nc2cc(Cl)c(Cl)cc2[nH]1. The lowest BCUT2D eigenvalue weighted by Crippen LogP contribution is -2.35. The maximum absolute atomic E-state index is 9.85. The van der Waals surface area contributed by atoms with Crippen molar-refractivity contribution in [3.05, 3.63) is 28.0 Å². The van der Waals surface area contributed by atoms with Crippen LogP contribution in [0, 0.1) is 0 Å². The molecule has 0 amide bonds. The van der Waals surface area contributed by atoms with Gasteiger partial charge in [-0.15, -0.1) is 0 Å². The zero-order chi connectivity index (χ0) is 14.2. The van der Waals surface area contributed by atoms with Crippen molar-refractivity contribution in [2.24, 2.45) is 0 Å². The number of halogens is 2. The second-order valence-electron chi connectivity index (χ2n) is 4.09. The lowest BCUT2D eigenvalue weighted by molar-refractivity contribution is -0.0800. The van der Waals surface area contributed by atoms with Crippen LogP contribution in [0.5, 0.6) is 0 Å². The van der Waals surface area contributed by atoms with Crippen molar-refractivity contribution in [2.45, 2.75) is 18.3 Å². The number of imidazole rings is 1. The number of aliphatic hydroxyl groups excluding tert-OH is 4. The number of aliphatic hydroxyl groups is 4. The van der Waals surface area contributed by atoms with Gasteiger partial charge in [0.25, 0.3) is 0 Å². The topological polar surface area (TPSA) is 110 Å². The first-order valence-electron chi connectivity index (χ1n) is 5.43. The predicted octanol–water partition coefficient (Wildman–Crippen LogP) is 0.617. The van der Waals surface area contributed by atoms with Crippen LogP contribution in [-0.2, 0) is 0 Å². The van der Waals surface area contributed by atoms with Crippen molar-refractivity contribution in [2.75, 3.05) is 6.61 Å². The molecule has 2 aromatic rings. The molecule has 1 heterocycles. The molecule has 19 heavy (non-hydrogen) atoms. The van der Waals surface area contributed by atoms with Gasteiger partial charge in [-0.1, -0.05) is 23.2 Å². The first-order chi connectivity index (χ1) is 8.93. The van der Waals surface area contributed by atoms with Gasteiger partial charge in [-0.25, -0.2) is 4.98 Å². The normalized spacial score (nSPS) is 16.5. The third kappa shape index (κ3) is 2.84. The van der Waals surface area contributed by atoms with Gasteiger partial charge < -0.3 is 25.4 Å². The van der Waals surface area contributed by atoms with E-state index in [-0.39, 0.29) is 5.82 Å². The zero-order valence-electron chi connectivity index (χ0n) is 9.59. The number of H-pyrrole nitrogens is 1. The number of hydrogen-bond acceptors (Lipinski definition) is 5. The van der Waals surface area contributed by atoms with Crippen LogP contribution in [0.3, 0.4) is 0 Å². The molecule has 0 fully saturated rings. The molecule has 1 aromatic heterocycles. The minimum atomic E-state index is -1.56. The van der Waals surface area contributed by atoms with Gasteiger partial charge in [0.15, 0.2) is 0 Å². The van der Waals surface area contributed by atoms with Crippen molar-refractivity contribution in [3.63, 3.8) is 0 Å². The Hall–Kier alpha value is -0.890. The predicted molar refractivity (Wildman–Crippen MR) is 70.2 cm³/mol. The minimum Gasteiger partial charge on any atom is -0.394 e. The molecule has 0 saturated heterocycles. The van der Waals surface area contributed by atoms with E-state index in [0.29, 0.717) is 21.1 Å². The van der Waals surface area contributed by atoms with Crippen molar-refractivity contribution >= 4 is 34.2 Å². The van der Waals surface area contributed by atoms with Gasteiger partial charge in [0, 0.05) is 0 Å². The Labute approximate surface area is 118 Å². The Morgan fingerprint density at radius 3 is 2.42 bits per heavy atom. The molecular formula is C11H12Cl2N2O4. The Balaban J connectivity index is 2.35. The quantitative estimate of drug-likeness (QED) is 0.569. The van der Waals surface area contributed by atoms with E-state index in [1.54, 1.807) is 0 Å². The van der Waals surface area contributed by atoms with Gasteiger partial charge in [-0.3, -0.25) is 0 Å². The highest BCUT2D eigenvalue weighted by Gasteiger charge is 2.27. The van der Waals surface area contributed by atoms with Crippen LogP contribution < -0.4 is 0 Å². The Morgan fingerprint density at radius 2 is 1.79 bits per heavy atom. The highest BCUT2D eigenvalue weighted by atomic mass is 35.5. The maximum Gasteiger partial charge on any atom is 0.140 e. The molecule has 3 atom stereocenters. The third-order valence-electron chi connectivity index (χ3n) is 2.73. The summed E-state index contributed by atoms with van der Waals surface area (Å²) in [6, 6.07) is 3.05. The Morgan fingerprint density at radius 1 is 1.16 bits per heavy atom. The summed E-state index contributed by atoms with van der Waals surface area (Å²) in [5, 5.41) is 38.1. The van der Waals surface area contributed by atoms with Gasteiger partial charge in [-0.2, -0.15) is 0 Å².